The molecule has 0 unspecified atom stereocenters. The molecule has 0 aliphatic heterocycles. The van der Waals surface area contributed by atoms with Crippen molar-refractivity contribution in [3.05, 3.63) is 11.7 Å². The van der Waals surface area contributed by atoms with Crippen LogP contribution in [0.25, 0.3) is 0 Å². The minimum absolute atomic E-state index is 0.187. The Morgan fingerprint density at radius 2 is 2.50 bits per heavy atom. The molecule has 0 saturated carbocycles. The summed E-state index contributed by atoms with van der Waals surface area (Å²) in [5.74, 6) is 0.961. The topological polar surface area (TPSA) is 49.8 Å². The minimum Gasteiger partial charge on any atom is -0.446 e. The first-order chi connectivity index (χ1) is 4.74. The van der Waals surface area contributed by atoms with Gasteiger partial charge in [0.15, 0.2) is 5.89 Å². The molecule has 0 spiro atoms. The molecule has 1 aromatic heterocycles. The quantitative estimate of drug-likeness (QED) is 0.499. The van der Waals surface area contributed by atoms with Crippen LogP contribution in [0.5, 0.6) is 0 Å². The van der Waals surface area contributed by atoms with E-state index in [4.69, 9.17) is 17.5 Å². The average molecular weight is 132 g/mol. The van der Waals surface area contributed by atoms with Gasteiger partial charge in [-0.2, -0.15) is 5.26 Å². The molecule has 2 radical (unpaired) electrons. The number of rotatable bonds is 1. The number of hydrogen-bond acceptors (Lipinski definition) is 3. The van der Waals surface area contributed by atoms with Gasteiger partial charge in [-0.05, 0) is 0 Å². The Labute approximate surface area is 60.1 Å². The molecule has 0 N–H and O–H groups in total. The highest BCUT2D eigenvalue weighted by atomic mass is 16.4. The van der Waals surface area contributed by atoms with Crippen molar-refractivity contribution in [2.45, 2.75) is 13.3 Å². The predicted molar refractivity (Wildman–Crippen MR) is 35.9 cm³/mol. The van der Waals surface area contributed by atoms with Gasteiger partial charge in [0.2, 0.25) is 0 Å². The maximum absolute atomic E-state index is 8.26. The van der Waals surface area contributed by atoms with E-state index >= 15 is 0 Å². The molecule has 48 valence electrons. The summed E-state index contributed by atoms with van der Waals surface area (Å²) in [7, 11) is 5.37. The Morgan fingerprint density at radius 1 is 1.80 bits per heavy atom. The van der Waals surface area contributed by atoms with Crippen molar-refractivity contribution in [2.75, 3.05) is 0 Å². The molecule has 0 bridgehead atoms. The Balaban J connectivity index is 2.94. The SMILES string of the molecule is [B]c1nc(C)oc1CC#N. The van der Waals surface area contributed by atoms with E-state index in [0.29, 0.717) is 17.2 Å². The molecule has 0 aliphatic rings. The van der Waals surface area contributed by atoms with E-state index in [1.165, 1.54) is 0 Å². The molecular formula is C6H5BN2O. The number of nitrogens with zero attached hydrogens (tertiary/aromatic N) is 2. The summed E-state index contributed by atoms with van der Waals surface area (Å²) in [5, 5.41) is 8.26. The molecule has 1 aromatic rings. The zero-order valence-corrected chi connectivity index (χ0v) is 5.59. The molecule has 0 saturated heterocycles. The zero-order valence-electron chi connectivity index (χ0n) is 5.59. The normalized spacial score (nSPS) is 9.20. The van der Waals surface area contributed by atoms with Crippen molar-refractivity contribution in [1.29, 1.82) is 5.26 Å². The third-order valence-electron chi connectivity index (χ3n) is 1.07. The predicted octanol–water partition coefficient (Wildman–Crippen LogP) is -0.157. The van der Waals surface area contributed by atoms with Gasteiger partial charge < -0.3 is 4.42 Å². The number of aromatic nitrogens is 1. The highest BCUT2D eigenvalue weighted by Gasteiger charge is 2.03. The lowest BCUT2D eigenvalue weighted by Crippen LogP contribution is -2.08. The zero-order chi connectivity index (χ0) is 7.56. The second kappa shape index (κ2) is 2.57. The van der Waals surface area contributed by atoms with Gasteiger partial charge in [-0.15, -0.1) is 0 Å². The number of aryl methyl sites for hydroxylation is 1. The third-order valence-corrected chi connectivity index (χ3v) is 1.07. The van der Waals surface area contributed by atoms with Crippen molar-refractivity contribution in [3.8, 4) is 6.07 Å². The van der Waals surface area contributed by atoms with Gasteiger partial charge in [-0.1, -0.05) is 0 Å². The van der Waals surface area contributed by atoms with Gasteiger partial charge in [0.05, 0.1) is 12.5 Å². The number of hydrogen-bond donors (Lipinski definition) is 0. The fourth-order valence-corrected chi connectivity index (χ4v) is 0.684. The molecule has 0 atom stereocenters. The summed E-state index contributed by atoms with van der Waals surface area (Å²) in [6, 6.07) is 1.92. The van der Waals surface area contributed by atoms with Crippen LogP contribution < -0.4 is 5.59 Å². The molecule has 3 nitrogen and oxygen atoms in total. The first kappa shape index (κ1) is 6.88. The summed E-state index contributed by atoms with van der Waals surface area (Å²) >= 11 is 0. The van der Waals surface area contributed by atoms with E-state index in [0.717, 1.165) is 0 Å². The lowest BCUT2D eigenvalue weighted by Gasteiger charge is -1.83. The molecule has 10 heavy (non-hydrogen) atoms. The Morgan fingerprint density at radius 3 is 2.90 bits per heavy atom. The van der Waals surface area contributed by atoms with Crippen LogP contribution in [0.2, 0.25) is 0 Å². The Kier molecular flexibility index (Phi) is 1.77. The summed E-state index contributed by atoms with van der Waals surface area (Å²) in [6.07, 6.45) is 0.187. The van der Waals surface area contributed by atoms with Crippen LogP contribution in [0.1, 0.15) is 11.7 Å². The highest BCUT2D eigenvalue weighted by molar-refractivity contribution is 6.31. The van der Waals surface area contributed by atoms with Crippen LogP contribution in [-0.2, 0) is 6.42 Å². The van der Waals surface area contributed by atoms with Crippen LogP contribution in [0.3, 0.4) is 0 Å². The number of nitriles is 1. The van der Waals surface area contributed by atoms with E-state index < -0.39 is 0 Å². The lowest BCUT2D eigenvalue weighted by molar-refractivity contribution is 0.487. The van der Waals surface area contributed by atoms with E-state index in [1.54, 1.807) is 6.92 Å². The van der Waals surface area contributed by atoms with Crippen molar-refractivity contribution >= 4 is 13.4 Å². The van der Waals surface area contributed by atoms with E-state index in [-0.39, 0.29) is 6.42 Å². The maximum Gasteiger partial charge on any atom is 0.190 e. The summed E-state index contributed by atoms with van der Waals surface area (Å²) in [5.41, 5.74) is 0.319. The number of oxazole rings is 1. The van der Waals surface area contributed by atoms with Crippen LogP contribution in [0, 0.1) is 18.3 Å². The standard InChI is InChI=1S/C6H5BN2O/c1-4-9-6(7)5(10-4)2-3-8/h2H2,1H3. The van der Waals surface area contributed by atoms with Crippen LogP contribution in [0.4, 0.5) is 0 Å². The monoisotopic (exact) mass is 132 g/mol. The largest absolute Gasteiger partial charge is 0.446 e. The third kappa shape index (κ3) is 1.19. The van der Waals surface area contributed by atoms with E-state index in [2.05, 4.69) is 4.98 Å². The highest BCUT2D eigenvalue weighted by Crippen LogP contribution is 1.98. The Hall–Kier alpha value is -1.24. The first-order valence-electron chi connectivity index (χ1n) is 2.82. The summed E-state index contributed by atoms with van der Waals surface area (Å²) in [4.78, 5) is 3.79. The van der Waals surface area contributed by atoms with Crippen molar-refractivity contribution < 1.29 is 4.42 Å². The average Bonchev–Trinajstić information content (AvgIpc) is 2.13. The molecule has 0 aromatic carbocycles. The maximum atomic E-state index is 8.26. The van der Waals surface area contributed by atoms with Crippen LogP contribution in [0.15, 0.2) is 4.42 Å². The molecule has 4 heteroatoms. The van der Waals surface area contributed by atoms with E-state index in [1.807, 2.05) is 6.07 Å². The molecule has 0 aliphatic carbocycles. The van der Waals surface area contributed by atoms with Gasteiger partial charge in [0, 0.05) is 12.5 Å². The molecule has 1 rings (SSSR count). The summed E-state index contributed by atoms with van der Waals surface area (Å²) < 4.78 is 5.00. The van der Waals surface area contributed by atoms with Gasteiger partial charge in [-0.3, -0.25) is 0 Å². The van der Waals surface area contributed by atoms with Gasteiger partial charge in [0.25, 0.3) is 0 Å². The van der Waals surface area contributed by atoms with Crippen LogP contribution in [-0.4, -0.2) is 12.8 Å². The van der Waals surface area contributed by atoms with Crippen LogP contribution >= 0.6 is 0 Å². The first-order valence-corrected chi connectivity index (χ1v) is 2.82. The fourth-order valence-electron chi connectivity index (χ4n) is 0.684. The summed E-state index contributed by atoms with van der Waals surface area (Å²) in [6.45, 7) is 1.69. The second-order valence-electron chi connectivity index (χ2n) is 1.88. The van der Waals surface area contributed by atoms with Crippen molar-refractivity contribution in [3.63, 3.8) is 0 Å². The smallest absolute Gasteiger partial charge is 0.190 e. The molecule has 0 fully saturated rings. The van der Waals surface area contributed by atoms with Gasteiger partial charge >= 0.3 is 0 Å². The van der Waals surface area contributed by atoms with Crippen molar-refractivity contribution in [1.82, 2.24) is 4.98 Å². The minimum atomic E-state index is 0.187. The van der Waals surface area contributed by atoms with E-state index in [9.17, 15) is 0 Å². The molecular weight excluding hydrogens is 127 g/mol. The molecule has 1 heterocycles. The van der Waals surface area contributed by atoms with Gasteiger partial charge in [-0.25, -0.2) is 4.98 Å². The second-order valence-corrected chi connectivity index (χ2v) is 1.88. The Bertz CT molecular complexity index is 274. The van der Waals surface area contributed by atoms with Crippen molar-refractivity contribution in [2.24, 2.45) is 0 Å². The van der Waals surface area contributed by atoms with Gasteiger partial charge in [0.1, 0.15) is 13.6 Å². The molecule has 0 amide bonds. The fraction of sp³-hybridized carbons (Fsp3) is 0.333. The lowest BCUT2D eigenvalue weighted by atomic mass is 10.0.